The number of aromatic nitrogens is 1. The Bertz CT molecular complexity index is 1320. The summed E-state index contributed by atoms with van der Waals surface area (Å²) < 4.78 is 39.5. The van der Waals surface area contributed by atoms with Crippen molar-refractivity contribution in [2.24, 2.45) is 0 Å². The molecule has 0 saturated heterocycles. The fourth-order valence-electron chi connectivity index (χ4n) is 3.45. The molecule has 0 N–H and O–H groups in total. The molecule has 190 valence electrons. The number of carbonyl (C=O) groups excluding carboxylic acids is 1. The Kier molecular flexibility index (Phi) is 8.76. The molecule has 0 aliphatic rings. The van der Waals surface area contributed by atoms with Crippen LogP contribution in [0.25, 0.3) is 4.85 Å². The van der Waals surface area contributed by atoms with Crippen LogP contribution in [0.4, 0.5) is 25.0 Å². The summed E-state index contributed by atoms with van der Waals surface area (Å²) in [6.45, 7) is 10.2. The Labute approximate surface area is 214 Å². The van der Waals surface area contributed by atoms with E-state index in [1.165, 1.54) is 11.1 Å². The standard InChI is InChI=1S/C28H26F2N4O3/c1-28(2,3)37-27(35)34(23-11-7-19(15-31)8-12-23)17-21-16-33-25(14-30)26(24(21)13-29)36-18-20-5-9-22(32-4)10-6-20/h5-12,16H,13-14,17-18H2,1-3H3. The van der Waals surface area contributed by atoms with Gasteiger partial charge in [0.25, 0.3) is 0 Å². The molecule has 2 aromatic carbocycles. The van der Waals surface area contributed by atoms with Gasteiger partial charge in [-0.3, -0.25) is 9.88 Å². The largest absolute Gasteiger partial charge is 0.486 e. The van der Waals surface area contributed by atoms with Crippen LogP contribution in [0.5, 0.6) is 5.75 Å². The number of halogens is 2. The van der Waals surface area contributed by atoms with Crippen LogP contribution in [0.2, 0.25) is 0 Å². The lowest BCUT2D eigenvalue weighted by atomic mass is 10.1. The average molecular weight is 505 g/mol. The molecule has 37 heavy (non-hydrogen) atoms. The smallest absolute Gasteiger partial charge is 0.415 e. The third-order valence-electron chi connectivity index (χ3n) is 5.26. The van der Waals surface area contributed by atoms with Gasteiger partial charge in [-0.05, 0) is 56.2 Å². The summed E-state index contributed by atoms with van der Waals surface area (Å²) in [5.41, 5.74) is 1.54. The highest BCUT2D eigenvalue weighted by Gasteiger charge is 2.26. The van der Waals surface area contributed by atoms with E-state index in [4.69, 9.17) is 21.3 Å². The summed E-state index contributed by atoms with van der Waals surface area (Å²) in [7, 11) is 0. The van der Waals surface area contributed by atoms with Crippen molar-refractivity contribution in [2.45, 2.75) is 52.9 Å². The van der Waals surface area contributed by atoms with Crippen LogP contribution in [-0.2, 0) is 31.2 Å². The third-order valence-corrected chi connectivity index (χ3v) is 5.26. The molecule has 3 rings (SSSR count). The highest BCUT2D eigenvalue weighted by atomic mass is 19.1. The van der Waals surface area contributed by atoms with Crippen molar-refractivity contribution in [3.63, 3.8) is 0 Å². The number of ether oxygens (including phenoxy) is 2. The molecule has 1 aromatic heterocycles. The molecular formula is C28H26F2N4O3. The summed E-state index contributed by atoms with van der Waals surface area (Å²) >= 11 is 0. The van der Waals surface area contributed by atoms with Gasteiger partial charge in [-0.2, -0.15) is 5.26 Å². The van der Waals surface area contributed by atoms with E-state index in [1.807, 2.05) is 6.07 Å². The van der Waals surface area contributed by atoms with E-state index in [1.54, 1.807) is 69.3 Å². The average Bonchev–Trinajstić information content (AvgIpc) is 2.89. The van der Waals surface area contributed by atoms with Crippen LogP contribution >= 0.6 is 0 Å². The number of pyridine rings is 1. The van der Waals surface area contributed by atoms with Crippen molar-refractivity contribution < 1.29 is 23.0 Å². The third kappa shape index (κ3) is 7.02. The molecule has 3 aromatic rings. The zero-order chi connectivity index (χ0) is 27.0. The molecule has 0 unspecified atom stereocenters. The van der Waals surface area contributed by atoms with E-state index >= 15 is 0 Å². The number of hydrogen-bond acceptors (Lipinski definition) is 5. The minimum Gasteiger partial charge on any atom is -0.486 e. The molecule has 0 bridgehead atoms. The maximum absolute atomic E-state index is 14.4. The first-order valence-electron chi connectivity index (χ1n) is 11.4. The minimum atomic E-state index is -0.980. The maximum Gasteiger partial charge on any atom is 0.415 e. The van der Waals surface area contributed by atoms with Crippen molar-refractivity contribution in [1.29, 1.82) is 5.26 Å². The van der Waals surface area contributed by atoms with Crippen LogP contribution in [-0.4, -0.2) is 16.7 Å². The summed E-state index contributed by atoms with van der Waals surface area (Å²) in [6, 6.07) is 15.0. The number of alkyl halides is 2. The summed E-state index contributed by atoms with van der Waals surface area (Å²) in [5, 5.41) is 9.11. The van der Waals surface area contributed by atoms with Crippen LogP contribution in [0.1, 0.15) is 48.7 Å². The number of hydrogen-bond donors (Lipinski definition) is 0. The quantitative estimate of drug-likeness (QED) is 0.310. The second-order valence-corrected chi connectivity index (χ2v) is 9.10. The number of anilines is 1. The van der Waals surface area contributed by atoms with Gasteiger partial charge in [-0.15, -0.1) is 0 Å². The number of carbonyl (C=O) groups is 1. The molecule has 1 heterocycles. The van der Waals surface area contributed by atoms with Crippen LogP contribution < -0.4 is 9.64 Å². The summed E-state index contributed by atoms with van der Waals surface area (Å²) in [5.74, 6) is -0.0271. The van der Waals surface area contributed by atoms with Crippen molar-refractivity contribution in [3.05, 3.63) is 94.1 Å². The van der Waals surface area contributed by atoms with Gasteiger partial charge >= 0.3 is 6.09 Å². The number of amides is 1. The lowest BCUT2D eigenvalue weighted by Gasteiger charge is -2.28. The van der Waals surface area contributed by atoms with Gasteiger partial charge in [-0.1, -0.05) is 24.3 Å². The first kappa shape index (κ1) is 27.1. The predicted molar refractivity (Wildman–Crippen MR) is 134 cm³/mol. The molecule has 0 aliphatic carbocycles. The molecule has 7 nitrogen and oxygen atoms in total. The molecule has 0 atom stereocenters. The van der Waals surface area contributed by atoms with Gasteiger partial charge in [0.15, 0.2) is 5.69 Å². The van der Waals surface area contributed by atoms with E-state index in [0.29, 0.717) is 28.1 Å². The number of nitrogens with zero attached hydrogens (tertiary/aromatic N) is 4. The van der Waals surface area contributed by atoms with Gasteiger partial charge in [0.05, 0.1) is 24.7 Å². The van der Waals surface area contributed by atoms with E-state index in [9.17, 15) is 13.6 Å². The lowest BCUT2D eigenvalue weighted by molar-refractivity contribution is 0.0577. The summed E-state index contributed by atoms with van der Waals surface area (Å²) in [4.78, 5) is 21.9. The fourth-order valence-corrected chi connectivity index (χ4v) is 3.45. The SMILES string of the molecule is [C-]#[N+]c1ccc(COc2c(CF)ncc(CN(C(=O)OC(C)(C)C)c3ccc(C#N)cc3)c2CF)cc1. The van der Waals surface area contributed by atoms with Crippen molar-refractivity contribution in [1.82, 2.24) is 4.98 Å². The zero-order valence-corrected chi connectivity index (χ0v) is 20.8. The zero-order valence-electron chi connectivity index (χ0n) is 20.8. The van der Waals surface area contributed by atoms with E-state index in [0.717, 1.165) is 0 Å². The second-order valence-electron chi connectivity index (χ2n) is 9.10. The Balaban J connectivity index is 1.97. The second kappa shape index (κ2) is 12.0. The fraction of sp³-hybridized carbons (Fsp3) is 0.286. The number of nitriles is 1. The van der Waals surface area contributed by atoms with Crippen LogP contribution in [0.15, 0.2) is 54.7 Å². The lowest BCUT2D eigenvalue weighted by Crippen LogP contribution is -2.36. The van der Waals surface area contributed by atoms with Crippen molar-refractivity contribution in [2.75, 3.05) is 4.90 Å². The monoisotopic (exact) mass is 504 g/mol. The van der Waals surface area contributed by atoms with E-state index < -0.39 is 25.0 Å². The predicted octanol–water partition coefficient (Wildman–Crippen LogP) is 6.96. The molecule has 0 radical (unpaired) electrons. The van der Waals surface area contributed by atoms with Crippen molar-refractivity contribution >= 4 is 17.5 Å². The Morgan fingerprint density at radius 3 is 2.32 bits per heavy atom. The Morgan fingerprint density at radius 2 is 1.78 bits per heavy atom. The van der Waals surface area contributed by atoms with Crippen LogP contribution in [0.3, 0.4) is 0 Å². The molecule has 0 spiro atoms. The van der Waals surface area contributed by atoms with Crippen LogP contribution in [0, 0.1) is 17.9 Å². The molecular weight excluding hydrogens is 478 g/mol. The summed E-state index contributed by atoms with van der Waals surface area (Å²) in [6.07, 6.45) is 0.640. The molecule has 0 fully saturated rings. The van der Waals surface area contributed by atoms with E-state index in [-0.39, 0.29) is 30.2 Å². The minimum absolute atomic E-state index is 0.00875. The van der Waals surface area contributed by atoms with Gasteiger partial charge in [0.1, 0.15) is 37.0 Å². The van der Waals surface area contributed by atoms with Crippen molar-refractivity contribution in [3.8, 4) is 11.8 Å². The van der Waals surface area contributed by atoms with Gasteiger partial charge in [0, 0.05) is 17.4 Å². The molecule has 1 amide bonds. The highest BCUT2D eigenvalue weighted by Crippen LogP contribution is 2.31. The van der Waals surface area contributed by atoms with Gasteiger partial charge < -0.3 is 9.47 Å². The highest BCUT2D eigenvalue weighted by molar-refractivity contribution is 5.88. The maximum atomic E-state index is 14.4. The molecule has 0 saturated carbocycles. The Hall–Kier alpha value is -4.50. The molecule has 0 aliphatic heterocycles. The van der Waals surface area contributed by atoms with E-state index in [2.05, 4.69) is 9.83 Å². The first-order valence-corrected chi connectivity index (χ1v) is 11.4. The Morgan fingerprint density at radius 1 is 1.11 bits per heavy atom. The number of rotatable bonds is 8. The topological polar surface area (TPSA) is 79.8 Å². The molecule has 9 heteroatoms. The van der Waals surface area contributed by atoms with Gasteiger partial charge in [-0.25, -0.2) is 18.4 Å². The van der Waals surface area contributed by atoms with Gasteiger partial charge in [0.2, 0.25) is 0 Å². The normalized spacial score (nSPS) is 10.8. The number of benzene rings is 2. The first-order chi connectivity index (χ1) is 17.7.